The van der Waals surface area contributed by atoms with Gasteiger partial charge in [-0.25, -0.2) is 4.39 Å². The Hall–Kier alpha value is -1.98. The normalized spacial score (nSPS) is 18.9. The van der Waals surface area contributed by atoms with Gasteiger partial charge >= 0.3 is 0 Å². The van der Waals surface area contributed by atoms with Crippen LogP contribution in [0.4, 0.5) is 10.1 Å². The van der Waals surface area contributed by atoms with Crippen molar-refractivity contribution in [3.05, 3.63) is 39.2 Å². The van der Waals surface area contributed by atoms with Crippen molar-refractivity contribution >= 4 is 11.6 Å². The van der Waals surface area contributed by atoms with Gasteiger partial charge < -0.3 is 4.90 Å². The van der Waals surface area contributed by atoms with E-state index in [0.29, 0.717) is 6.54 Å². The van der Waals surface area contributed by atoms with Crippen LogP contribution in [0.3, 0.4) is 0 Å². The molecule has 0 N–H and O–H groups in total. The third-order valence-electron chi connectivity index (χ3n) is 3.74. The summed E-state index contributed by atoms with van der Waals surface area (Å²) in [6, 6.07) is 2.22. The molecule has 0 radical (unpaired) electrons. The third kappa shape index (κ3) is 2.64. The molecule has 108 valence electrons. The van der Waals surface area contributed by atoms with Gasteiger partial charge in [-0.1, -0.05) is 0 Å². The lowest BCUT2D eigenvalue weighted by Gasteiger charge is -2.33. The Kier molecular flexibility index (Phi) is 4.01. The Labute approximate surface area is 116 Å². The van der Waals surface area contributed by atoms with E-state index in [2.05, 4.69) is 0 Å². The van der Waals surface area contributed by atoms with Crippen LogP contribution in [0.5, 0.6) is 0 Å². The molecule has 5 nitrogen and oxygen atoms in total. The van der Waals surface area contributed by atoms with Gasteiger partial charge in [-0.15, -0.1) is 0 Å². The molecule has 0 saturated carbocycles. The van der Waals surface area contributed by atoms with Crippen molar-refractivity contribution in [3.63, 3.8) is 0 Å². The number of nitrogens with zero attached hydrogens (tertiary/aromatic N) is 2. The molecule has 1 aliphatic rings. The largest absolute Gasteiger partial charge is 0.336 e. The lowest BCUT2D eigenvalue weighted by molar-refractivity contribution is -0.385. The molecule has 1 saturated heterocycles. The Balaban J connectivity index is 2.40. The van der Waals surface area contributed by atoms with Crippen molar-refractivity contribution in [1.29, 1.82) is 0 Å². The Bertz CT molecular complexity index is 560. The summed E-state index contributed by atoms with van der Waals surface area (Å²) in [5.41, 5.74) is -0.338. The van der Waals surface area contributed by atoms with Crippen LogP contribution in [0.15, 0.2) is 12.1 Å². The highest BCUT2D eigenvalue weighted by Gasteiger charge is 2.28. The maximum absolute atomic E-state index is 14.1. The second-order valence-corrected chi connectivity index (χ2v) is 5.22. The first kappa shape index (κ1) is 14.4. The molecule has 0 aliphatic carbocycles. The number of nitro groups is 1. The zero-order chi connectivity index (χ0) is 14.9. The summed E-state index contributed by atoms with van der Waals surface area (Å²) in [6.07, 6.45) is 2.80. The number of aryl methyl sites for hydroxylation is 1. The van der Waals surface area contributed by atoms with Crippen molar-refractivity contribution in [2.75, 3.05) is 6.54 Å². The SMILES string of the molecule is Cc1cc([N+](=O)[O-])cc(C(=O)N2CCCCC2C)c1F. The van der Waals surface area contributed by atoms with E-state index in [1.54, 1.807) is 4.90 Å². The number of benzene rings is 1. The van der Waals surface area contributed by atoms with Gasteiger partial charge in [0.05, 0.1) is 10.5 Å². The van der Waals surface area contributed by atoms with Gasteiger partial charge in [0.15, 0.2) is 0 Å². The molecule has 1 amide bonds. The van der Waals surface area contributed by atoms with E-state index in [1.807, 2.05) is 6.92 Å². The highest BCUT2D eigenvalue weighted by atomic mass is 19.1. The highest BCUT2D eigenvalue weighted by Crippen LogP contribution is 2.25. The van der Waals surface area contributed by atoms with Gasteiger partial charge in [-0.3, -0.25) is 14.9 Å². The maximum atomic E-state index is 14.1. The van der Waals surface area contributed by atoms with E-state index in [9.17, 15) is 19.3 Å². The van der Waals surface area contributed by atoms with Crippen LogP contribution in [0, 0.1) is 22.9 Å². The molecule has 1 fully saturated rings. The van der Waals surface area contributed by atoms with Gasteiger partial charge in [0.1, 0.15) is 5.82 Å². The number of halogens is 1. The van der Waals surface area contributed by atoms with Gasteiger partial charge in [0.2, 0.25) is 0 Å². The van der Waals surface area contributed by atoms with E-state index in [4.69, 9.17) is 0 Å². The minimum absolute atomic E-state index is 0.0372. The summed E-state index contributed by atoms with van der Waals surface area (Å²) in [5, 5.41) is 10.8. The fourth-order valence-corrected chi connectivity index (χ4v) is 2.57. The Morgan fingerprint density at radius 2 is 2.15 bits per heavy atom. The van der Waals surface area contributed by atoms with Crippen molar-refractivity contribution < 1.29 is 14.1 Å². The van der Waals surface area contributed by atoms with E-state index >= 15 is 0 Å². The molecule has 0 aromatic heterocycles. The number of hydrogen-bond donors (Lipinski definition) is 0. The molecule has 1 unspecified atom stereocenters. The van der Waals surface area contributed by atoms with Gasteiger partial charge in [0.25, 0.3) is 11.6 Å². The molecular weight excluding hydrogens is 263 g/mol. The number of non-ortho nitro benzene ring substituents is 1. The fraction of sp³-hybridized carbons (Fsp3) is 0.500. The van der Waals surface area contributed by atoms with E-state index in [-0.39, 0.29) is 22.9 Å². The average Bonchev–Trinajstić information content (AvgIpc) is 2.41. The number of piperidine rings is 1. The minimum Gasteiger partial charge on any atom is -0.336 e. The Morgan fingerprint density at radius 1 is 1.45 bits per heavy atom. The molecular formula is C14H17FN2O3. The summed E-state index contributed by atoms with van der Waals surface area (Å²) >= 11 is 0. The van der Waals surface area contributed by atoms with Crippen LogP contribution in [-0.4, -0.2) is 28.3 Å². The lowest BCUT2D eigenvalue weighted by Crippen LogP contribution is -2.42. The van der Waals surface area contributed by atoms with Gasteiger partial charge in [-0.2, -0.15) is 0 Å². The third-order valence-corrected chi connectivity index (χ3v) is 3.74. The average molecular weight is 280 g/mol. The number of carbonyl (C=O) groups excluding carboxylic acids is 1. The van der Waals surface area contributed by atoms with Gasteiger partial charge in [-0.05, 0) is 38.7 Å². The standard InChI is InChI=1S/C14H17FN2O3/c1-9-7-11(17(19)20)8-12(13(9)15)14(18)16-6-4-3-5-10(16)2/h7-8,10H,3-6H2,1-2H3. The topological polar surface area (TPSA) is 63.5 Å². The highest BCUT2D eigenvalue weighted by molar-refractivity contribution is 5.95. The number of amides is 1. The van der Waals surface area contributed by atoms with Crippen LogP contribution in [-0.2, 0) is 0 Å². The molecule has 0 spiro atoms. The number of nitro benzene ring substituents is 1. The predicted octanol–water partition coefficient (Wildman–Crippen LogP) is 3.06. The lowest BCUT2D eigenvalue weighted by atomic mass is 10.0. The first-order valence-corrected chi connectivity index (χ1v) is 6.67. The first-order valence-electron chi connectivity index (χ1n) is 6.67. The minimum atomic E-state index is -0.668. The maximum Gasteiger partial charge on any atom is 0.270 e. The van der Waals surface area contributed by atoms with Crippen molar-refractivity contribution in [3.8, 4) is 0 Å². The summed E-state index contributed by atoms with van der Waals surface area (Å²) in [4.78, 5) is 24.3. The molecule has 6 heteroatoms. The molecule has 1 aromatic rings. The summed E-state index contributed by atoms with van der Waals surface area (Å²) < 4.78 is 14.1. The van der Waals surface area contributed by atoms with Crippen LogP contribution < -0.4 is 0 Å². The second kappa shape index (κ2) is 5.56. The van der Waals surface area contributed by atoms with Crippen LogP contribution in [0.2, 0.25) is 0 Å². The Morgan fingerprint density at radius 3 is 2.75 bits per heavy atom. The molecule has 0 bridgehead atoms. The zero-order valence-corrected chi connectivity index (χ0v) is 11.6. The summed E-state index contributed by atoms with van der Waals surface area (Å²) in [6.45, 7) is 3.92. The predicted molar refractivity (Wildman–Crippen MR) is 72.1 cm³/mol. The summed E-state index contributed by atoms with van der Waals surface area (Å²) in [7, 11) is 0. The summed E-state index contributed by atoms with van der Waals surface area (Å²) in [5.74, 6) is -1.13. The smallest absolute Gasteiger partial charge is 0.270 e. The number of rotatable bonds is 2. The molecule has 20 heavy (non-hydrogen) atoms. The van der Waals surface area contributed by atoms with Crippen molar-refractivity contribution in [2.24, 2.45) is 0 Å². The molecule has 1 aromatic carbocycles. The molecule has 1 aliphatic heterocycles. The molecule has 1 heterocycles. The van der Waals surface area contributed by atoms with Crippen LogP contribution in [0.1, 0.15) is 42.1 Å². The fourth-order valence-electron chi connectivity index (χ4n) is 2.57. The second-order valence-electron chi connectivity index (χ2n) is 5.22. The quantitative estimate of drug-likeness (QED) is 0.617. The zero-order valence-electron chi connectivity index (χ0n) is 11.6. The van der Waals surface area contributed by atoms with E-state index in [1.165, 1.54) is 6.92 Å². The van der Waals surface area contributed by atoms with Crippen LogP contribution in [0.25, 0.3) is 0 Å². The number of likely N-dealkylation sites (tertiary alicyclic amines) is 1. The molecule has 1 atom stereocenters. The van der Waals surface area contributed by atoms with Crippen molar-refractivity contribution in [1.82, 2.24) is 4.90 Å². The van der Waals surface area contributed by atoms with Gasteiger partial charge in [0, 0.05) is 24.7 Å². The van der Waals surface area contributed by atoms with Crippen molar-refractivity contribution in [2.45, 2.75) is 39.2 Å². The van der Waals surface area contributed by atoms with E-state index in [0.717, 1.165) is 31.4 Å². The van der Waals surface area contributed by atoms with Crippen LogP contribution >= 0.6 is 0 Å². The first-order chi connectivity index (χ1) is 9.41. The molecule has 2 rings (SSSR count). The monoisotopic (exact) mass is 280 g/mol. The van der Waals surface area contributed by atoms with E-state index < -0.39 is 16.6 Å². The number of carbonyl (C=O) groups is 1. The number of hydrogen-bond acceptors (Lipinski definition) is 3.